The van der Waals surface area contributed by atoms with E-state index in [0.717, 1.165) is 43.0 Å². The van der Waals surface area contributed by atoms with Crippen LogP contribution in [0.25, 0.3) is 11.0 Å². The van der Waals surface area contributed by atoms with Gasteiger partial charge in [0, 0.05) is 44.5 Å². The number of carbonyl (C=O) groups is 1. The van der Waals surface area contributed by atoms with Crippen LogP contribution in [0.2, 0.25) is 0 Å². The monoisotopic (exact) mass is 424 g/mol. The SMILES string of the molecule is O=C(c1nc2ccccc2n1CCF)N1CC(c2nccnc2N2CCC(O)CC2)C1. The van der Waals surface area contributed by atoms with Gasteiger partial charge < -0.3 is 19.5 Å². The molecule has 0 saturated carbocycles. The Labute approximate surface area is 179 Å². The Balaban J connectivity index is 1.33. The van der Waals surface area contributed by atoms with Crippen LogP contribution in [0.15, 0.2) is 36.7 Å². The number of aliphatic hydroxyl groups is 1. The first kappa shape index (κ1) is 19.9. The van der Waals surface area contributed by atoms with Crippen molar-refractivity contribution in [1.29, 1.82) is 0 Å². The van der Waals surface area contributed by atoms with Gasteiger partial charge in [0.1, 0.15) is 6.67 Å². The van der Waals surface area contributed by atoms with E-state index in [4.69, 9.17) is 0 Å². The summed E-state index contributed by atoms with van der Waals surface area (Å²) in [7, 11) is 0. The van der Waals surface area contributed by atoms with Gasteiger partial charge in [-0.25, -0.2) is 14.4 Å². The molecule has 31 heavy (non-hydrogen) atoms. The summed E-state index contributed by atoms with van der Waals surface area (Å²) in [6, 6.07) is 7.41. The van der Waals surface area contributed by atoms with E-state index >= 15 is 0 Å². The summed E-state index contributed by atoms with van der Waals surface area (Å²) >= 11 is 0. The van der Waals surface area contributed by atoms with E-state index in [-0.39, 0.29) is 30.3 Å². The van der Waals surface area contributed by atoms with Crippen molar-refractivity contribution in [3.63, 3.8) is 0 Å². The molecule has 2 saturated heterocycles. The average Bonchev–Trinajstić information content (AvgIpc) is 3.13. The maximum Gasteiger partial charge on any atom is 0.289 e. The lowest BCUT2D eigenvalue weighted by Gasteiger charge is -2.40. The number of para-hydroxylation sites is 2. The minimum atomic E-state index is -0.559. The second-order valence-corrected chi connectivity index (χ2v) is 8.16. The van der Waals surface area contributed by atoms with Crippen LogP contribution < -0.4 is 4.90 Å². The number of aromatic nitrogens is 4. The van der Waals surface area contributed by atoms with Crippen LogP contribution in [0, 0.1) is 0 Å². The van der Waals surface area contributed by atoms with Crippen LogP contribution in [0.1, 0.15) is 35.1 Å². The Kier molecular flexibility index (Phi) is 5.27. The van der Waals surface area contributed by atoms with Gasteiger partial charge in [0.2, 0.25) is 0 Å². The van der Waals surface area contributed by atoms with Crippen molar-refractivity contribution < 1.29 is 14.3 Å². The molecule has 1 amide bonds. The smallest absolute Gasteiger partial charge is 0.289 e. The lowest BCUT2D eigenvalue weighted by atomic mass is 9.94. The van der Waals surface area contributed by atoms with Gasteiger partial charge in [0.15, 0.2) is 11.6 Å². The van der Waals surface area contributed by atoms with Crippen LogP contribution in [0.5, 0.6) is 0 Å². The molecule has 1 N–H and O–H groups in total. The summed E-state index contributed by atoms with van der Waals surface area (Å²) in [6.45, 7) is 2.09. The van der Waals surface area contributed by atoms with Crippen LogP contribution in [-0.2, 0) is 6.54 Å². The standard InChI is InChI=1S/C22H25FN6O2/c23-7-12-29-18-4-2-1-3-17(18)26-21(29)22(31)28-13-15(14-28)19-20(25-9-8-24-19)27-10-5-16(30)6-11-27/h1-4,8-9,15-16,30H,5-7,10-14H2. The first-order valence-corrected chi connectivity index (χ1v) is 10.7. The Bertz CT molecular complexity index is 1090. The van der Waals surface area contributed by atoms with Gasteiger partial charge in [-0.15, -0.1) is 0 Å². The number of piperidine rings is 1. The molecule has 4 heterocycles. The van der Waals surface area contributed by atoms with E-state index in [0.29, 0.717) is 18.6 Å². The van der Waals surface area contributed by atoms with Crippen LogP contribution >= 0.6 is 0 Å². The minimum Gasteiger partial charge on any atom is -0.393 e. The molecule has 0 atom stereocenters. The van der Waals surface area contributed by atoms with Crippen LogP contribution in [0.3, 0.4) is 0 Å². The van der Waals surface area contributed by atoms with Gasteiger partial charge in [-0.1, -0.05) is 12.1 Å². The fourth-order valence-electron chi connectivity index (χ4n) is 4.46. The van der Waals surface area contributed by atoms with E-state index in [9.17, 15) is 14.3 Å². The third kappa shape index (κ3) is 3.63. The number of aliphatic hydroxyl groups excluding tert-OH is 1. The molecule has 5 rings (SSSR count). The number of amides is 1. The first-order valence-electron chi connectivity index (χ1n) is 10.7. The van der Waals surface area contributed by atoms with E-state index in [1.165, 1.54) is 0 Å². The number of anilines is 1. The normalized spacial score (nSPS) is 17.9. The number of aryl methyl sites for hydroxylation is 1. The molecule has 9 heteroatoms. The summed E-state index contributed by atoms with van der Waals surface area (Å²) in [5.41, 5.74) is 2.35. The zero-order valence-electron chi connectivity index (χ0n) is 17.2. The minimum absolute atomic E-state index is 0.0958. The number of halogens is 1. The summed E-state index contributed by atoms with van der Waals surface area (Å²) in [4.78, 5) is 30.6. The Morgan fingerprint density at radius 1 is 1.13 bits per heavy atom. The quantitative estimate of drug-likeness (QED) is 0.674. The van der Waals surface area contributed by atoms with E-state index < -0.39 is 6.67 Å². The molecule has 1 aromatic carbocycles. The fourth-order valence-corrected chi connectivity index (χ4v) is 4.46. The zero-order chi connectivity index (χ0) is 21.4. The highest BCUT2D eigenvalue weighted by atomic mass is 19.1. The number of nitrogens with zero attached hydrogens (tertiary/aromatic N) is 6. The number of likely N-dealkylation sites (tertiary alicyclic amines) is 1. The number of imidazole rings is 1. The lowest BCUT2D eigenvalue weighted by molar-refractivity contribution is 0.0580. The Hall–Kier alpha value is -3.07. The predicted molar refractivity (Wildman–Crippen MR) is 114 cm³/mol. The number of hydrogen-bond acceptors (Lipinski definition) is 6. The molecule has 2 fully saturated rings. The molecule has 0 unspecified atom stereocenters. The molecular formula is C22H25FN6O2. The maximum absolute atomic E-state index is 13.1. The van der Waals surface area contributed by atoms with Gasteiger partial charge >= 0.3 is 0 Å². The molecule has 2 aliphatic rings. The molecule has 3 aromatic rings. The number of rotatable bonds is 5. The number of carbonyl (C=O) groups excluding carboxylic acids is 1. The first-order chi connectivity index (χ1) is 15.2. The topological polar surface area (TPSA) is 87.4 Å². The van der Waals surface area contributed by atoms with Crippen molar-refractivity contribution in [3.8, 4) is 0 Å². The van der Waals surface area contributed by atoms with Crippen molar-refractivity contribution in [2.24, 2.45) is 0 Å². The number of hydrogen-bond donors (Lipinski definition) is 1. The van der Waals surface area contributed by atoms with Gasteiger partial charge in [-0.3, -0.25) is 9.78 Å². The van der Waals surface area contributed by atoms with E-state index in [1.54, 1.807) is 21.9 Å². The van der Waals surface area contributed by atoms with Gasteiger partial charge in [0.25, 0.3) is 5.91 Å². The summed E-state index contributed by atoms with van der Waals surface area (Å²) in [5, 5.41) is 9.79. The third-order valence-corrected chi connectivity index (χ3v) is 6.18. The number of fused-ring (bicyclic) bond motifs is 1. The van der Waals surface area contributed by atoms with E-state index in [1.807, 2.05) is 24.3 Å². The summed E-state index contributed by atoms with van der Waals surface area (Å²) in [6.07, 6.45) is 4.55. The number of alkyl halides is 1. The average molecular weight is 424 g/mol. The number of benzene rings is 1. The van der Waals surface area contributed by atoms with Crippen molar-refractivity contribution >= 4 is 22.8 Å². The second kappa shape index (κ2) is 8.22. The van der Waals surface area contributed by atoms with Crippen LogP contribution in [-0.4, -0.2) is 74.4 Å². The Morgan fingerprint density at radius 3 is 2.65 bits per heavy atom. The Morgan fingerprint density at radius 2 is 1.87 bits per heavy atom. The van der Waals surface area contributed by atoms with Gasteiger partial charge in [0.05, 0.1) is 29.4 Å². The molecule has 0 bridgehead atoms. The van der Waals surface area contributed by atoms with Gasteiger partial charge in [-0.05, 0) is 25.0 Å². The summed E-state index contributed by atoms with van der Waals surface area (Å²) in [5.74, 6) is 1.03. The van der Waals surface area contributed by atoms with Crippen molar-refractivity contribution in [2.75, 3.05) is 37.8 Å². The fraction of sp³-hybridized carbons (Fsp3) is 0.455. The van der Waals surface area contributed by atoms with Crippen molar-refractivity contribution in [1.82, 2.24) is 24.4 Å². The lowest BCUT2D eigenvalue weighted by Crippen LogP contribution is -2.50. The van der Waals surface area contributed by atoms with Crippen molar-refractivity contribution in [3.05, 3.63) is 48.2 Å². The molecule has 2 aromatic heterocycles. The molecule has 0 spiro atoms. The molecule has 8 nitrogen and oxygen atoms in total. The predicted octanol–water partition coefficient (Wildman–Crippen LogP) is 2.00. The van der Waals surface area contributed by atoms with Crippen molar-refractivity contribution in [2.45, 2.75) is 31.4 Å². The molecule has 162 valence electrons. The zero-order valence-corrected chi connectivity index (χ0v) is 17.2. The highest BCUT2D eigenvalue weighted by molar-refractivity contribution is 5.95. The molecular weight excluding hydrogens is 399 g/mol. The molecule has 0 aliphatic carbocycles. The highest BCUT2D eigenvalue weighted by Crippen LogP contribution is 2.33. The van der Waals surface area contributed by atoms with Crippen LogP contribution in [0.4, 0.5) is 10.2 Å². The third-order valence-electron chi connectivity index (χ3n) is 6.18. The van der Waals surface area contributed by atoms with Gasteiger partial charge in [-0.2, -0.15) is 0 Å². The maximum atomic E-state index is 13.1. The molecule has 2 aliphatic heterocycles. The molecule has 0 radical (unpaired) electrons. The summed E-state index contributed by atoms with van der Waals surface area (Å²) < 4.78 is 14.8. The second-order valence-electron chi connectivity index (χ2n) is 8.16. The largest absolute Gasteiger partial charge is 0.393 e. The highest BCUT2D eigenvalue weighted by Gasteiger charge is 2.37. The van der Waals surface area contributed by atoms with E-state index in [2.05, 4.69) is 19.9 Å².